The molecule has 4 nitrogen and oxygen atoms in total. The standard InChI is InChI=1S/C13H19FN2O2/c1-9-6-11(14)8-12(7-9)16-10(2)13(17)15-4-5-18-3/h6-8,10,16H,4-5H2,1-3H3,(H,15,17). The first-order valence-electron chi connectivity index (χ1n) is 5.83. The summed E-state index contributed by atoms with van der Waals surface area (Å²) in [6, 6.07) is 4.17. The fraction of sp³-hybridized carbons (Fsp3) is 0.462. The van der Waals surface area contributed by atoms with Gasteiger partial charge in [0.25, 0.3) is 0 Å². The third-order valence-electron chi connectivity index (χ3n) is 2.42. The highest BCUT2D eigenvalue weighted by Crippen LogP contribution is 2.14. The topological polar surface area (TPSA) is 50.4 Å². The Bertz CT molecular complexity index is 390. The molecule has 100 valence electrons. The van der Waals surface area contributed by atoms with Crippen molar-refractivity contribution in [1.82, 2.24) is 5.32 Å². The second-order valence-electron chi connectivity index (χ2n) is 4.17. The summed E-state index contributed by atoms with van der Waals surface area (Å²) in [4.78, 5) is 11.7. The lowest BCUT2D eigenvalue weighted by molar-refractivity contribution is -0.121. The highest BCUT2D eigenvalue weighted by atomic mass is 19.1. The van der Waals surface area contributed by atoms with Gasteiger partial charge in [-0.2, -0.15) is 0 Å². The zero-order valence-corrected chi connectivity index (χ0v) is 10.9. The number of hydrogen-bond acceptors (Lipinski definition) is 3. The molecule has 0 saturated heterocycles. The molecular weight excluding hydrogens is 235 g/mol. The van der Waals surface area contributed by atoms with Crippen molar-refractivity contribution < 1.29 is 13.9 Å². The molecule has 1 atom stereocenters. The molecular formula is C13H19FN2O2. The Morgan fingerprint density at radius 2 is 2.17 bits per heavy atom. The van der Waals surface area contributed by atoms with Gasteiger partial charge in [0.2, 0.25) is 5.91 Å². The number of rotatable bonds is 6. The molecule has 1 rings (SSSR count). The SMILES string of the molecule is COCCNC(=O)C(C)Nc1cc(C)cc(F)c1. The van der Waals surface area contributed by atoms with Crippen LogP contribution in [0.4, 0.5) is 10.1 Å². The molecule has 0 aliphatic heterocycles. The van der Waals surface area contributed by atoms with E-state index >= 15 is 0 Å². The first kappa shape index (κ1) is 14.4. The van der Waals surface area contributed by atoms with E-state index in [2.05, 4.69) is 10.6 Å². The fourth-order valence-electron chi connectivity index (χ4n) is 1.56. The Morgan fingerprint density at radius 1 is 1.44 bits per heavy atom. The highest BCUT2D eigenvalue weighted by Gasteiger charge is 2.12. The third kappa shape index (κ3) is 4.71. The Labute approximate surface area is 107 Å². The van der Waals surface area contributed by atoms with Crippen LogP contribution in [0.25, 0.3) is 0 Å². The van der Waals surface area contributed by atoms with Crippen molar-refractivity contribution in [3.63, 3.8) is 0 Å². The van der Waals surface area contributed by atoms with Crippen molar-refractivity contribution in [2.75, 3.05) is 25.6 Å². The predicted molar refractivity (Wildman–Crippen MR) is 69.1 cm³/mol. The summed E-state index contributed by atoms with van der Waals surface area (Å²) in [5, 5.41) is 5.67. The lowest BCUT2D eigenvalue weighted by Gasteiger charge is -2.15. The van der Waals surface area contributed by atoms with E-state index in [9.17, 15) is 9.18 Å². The molecule has 2 N–H and O–H groups in total. The van der Waals surface area contributed by atoms with Crippen molar-refractivity contribution in [3.05, 3.63) is 29.6 Å². The van der Waals surface area contributed by atoms with Crippen LogP contribution >= 0.6 is 0 Å². The van der Waals surface area contributed by atoms with Gasteiger partial charge >= 0.3 is 0 Å². The molecule has 0 heterocycles. The second-order valence-corrected chi connectivity index (χ2v) is 4.17. The number of carbonyl (C=O) groups excluding carboxylic acids is 1. The van der Waals surface area contributed by atoms with Crippen LogP contribution in [0.5, 0.6) is 0 Å². The van der Waals surface area contributed by atoms with Gasteiger partial charge < -0.3 is 15.4 Å². The second kappa shape index (κ2) is 6.96. The van der Waals surface area contributed by atoms with Crippen LogP contribution in [0.2, 0.25) is 0 Å². The van der Waals surface area contributed by atoms with E-state index in [0.717, 1.165) is 5.56 Å². The van der Waals surface area contributed by atoms with Gasteiger partial charge in [0.15, 0.2) is 0 Å². The molecule has 0 saturated carbocycles. The van der Waals surface area contributed by atoms with E-state index in [0.29, 0.717) is 18.8 Å². The molecule has 1 amide bonds. The lowest BCUT2D eigenvalue weighted by atomic mass is 10.2. The van der Waals surface area contributed by atoms with E-state index in [4.69, 9.17) is 4.74 Å². The van der Waals surface area contributed by atoms with E-state index < -0.39 is 6.04 Å². The van der Waals surface area contributed by atoms with Gasteiger partial charge in [-0.25, -0.2) is 4.39 Å². The average Bonchev–Trinajstić information content (AvgIpc) is 2.27. The molecule has 0 aliphatic carbocycles. The summed E-state index contributed by atoms with van der Waals surface area (Å²) in [5.74, 6) is -0.460. The quantitative estimate of drug-likeness (QED) is 0.760. The first-order valence-corrected chi connectivity index (χ1v) is 5.83. The minimum absolute atomic E-state index is 0.144. The van der Waals surface area contributed by atoms with Crippen molar-refractivity contribution in [1.29, 1.82) is 0 Å². The van der Waals surface area contributed by atoms with Gasteiger partial charge in [-0.05, 0) is 37.6 Å². The molecule has 0 aromatic heterocycles. The number of carbonyl (C=O) groups is 1. The van der Waals surface area contributed by atoms with Gasteiger partial charge in [-0.15, -0.1) is 0 Å². The lowest BCUT2D eigenvalue weighted by Crippen LogP contribution is -2.39. The van der Waals surface area contributed by atoms with Gasteiger partial charge in [-0.1, -0.05) is 0 Å². The predicted octanol–water partition coefficient (Wildman–Crippen LogP) is 1.70. The number of anilines is 1. The van der Waals surface area contributed by atoms with Crippen molar-refractivity contribution in [2.24, 2.45) is 0 Å². The number of nitrogens with one attached hydrogen (secondary N) is 2. The number of halogens is 1. The minimum atomic E-state index is -0.428. The number of amides is 1. The monoisotopic (exact) mass is 254 g/mol. The Morgan fingerprint density at radius 3 is 2.78 bits per heavy atom. The van der Waals surface area contributed by atoms with Crippen molar-refractivity contribution >= 4 is 11.6 Å². The Balaban J connectivity index is 2.52. The van der Waals surface area contributed by atoms with E-state index in [1.165, 1.54) is 12.1 Å². The van der Waals surface area contributed by atoms with Crippen LogP contribution in [0.3, 0.4) is 0 Å². The van der Waals surface area contributed by atoms with Crippen LogP contribution in [0.1, 0.15) is 12.5 Å². The summed E-state index contributed by atoms with van der Waals surface area (Å²) in [6.45, 7) is 4.46. The summed E-state index contributed by atoms with van der Waals surface area (Å²) in [7, 11) is 1.57. The van der Waals surface area contributed by atoms with Gasteiger partial charge in [0.05, 0.1) is 6.61 Å². The van der Waals surface area contributed by atoms with E-state index in [-0.39, 0.29) is 11.7 Å². The van der Waals surface area contributed by atoms with E-state index in [1.807, 2.05) is 0 Å². The minimum Gasteiger partial charge on any atom is -0.383 e. The first-order chi connectivity index (χ1) is 8.52. The normalized spacial score (nSPS) is 12.0. The molecule has 18 heavy (non-hydrogen) atoms. The van der Waals surface area contributed by atoms with Crippen LogP contribution in [0.15, 0.2) is 18.2 Å². The Kier molecular flexibility index (Phi) is 5.58. The fourth-order valence-corrected chi connectivity index (χ4v) is 1.56. The van der Waals surface area contributed by atoms with Gasteiger partial charge in [0, 0.05) is 19.3 Å². The zero-order chi connectivity index (χ0) is 13.5. The maximum atomic E-state index is 13.2. The number of hydrogen-bond donors (Lipinski definition) is 2. The van der Waals surface area contributed by atoms with Gasteiger partial charge in [0.1, 0.15) is 11.9 Å². The van der Waals surface area contributed by atoms with Crippen molar-refractivity contribution in [3.8, 4) is 0 Å². The number of methoxy groups -OCH3 is 1. The number of ether oxygens (including phenoxy) is 1. The third-order valence-corrected chi connectivity index (χ3v) is 2.42. The van der Waals surface area contributed by atoms with Crippen LogP contribution in [-0.4, -0.2) is 32.2 Å². The maximum Gasteiger partial charge on any atom is 0.242 e. The molecule has 0 aliphatic rings. The van der Waals surface area contributed by atoms with Crippen LogP contribution < -0.4 is 10.6 Å². The molecule has 0 fully saturated rings. The molecule has 1 aromatic carbocycles. The Hall–Kier alpha value is -1.62. The molecule has 5 heteroatoms. The molecule has 0 bridgehead atoms. The average molecular weight is 254 g/mol. The summed E-state index contributed by atoms with van der Waals surface area (Å²) < 4.78 is 18.0. The largest absolute Gasteiger partial charge is 0.383 e. The molecule has 0 spiro atoms. The highest BCUT2D eigenvalue weighted by molar-refractivity contribution is 5.84. The van der Waals surface area contributed by atoms with Gasteiger partial charge in [-0.3, -0.25) is 4.79 Å². The molecule has 1 aromatic rings. The van der Waals surface area contributed by atoms with E-state index in [1.54, 1.807) is 27.0 Å². The molecule has 1 unspecified atom stereocenters. The zero-order valence-electron chi connectivity index (χ0n) is 10.9. The summed E-state index contributed by atoms with van der Waals surface area (Å²) in [5.41, 5.74) is 1.41. The van der Waals surface area contributed by atoms with Crippen LogP contribution in [0, 0.1) is 12.7 Å². The summed E-state index contributed by atoms with van der Waals surface area (Å²) in [6.07, 6.45) is 0. The number of benzene rings is 1. The number of aryl methyl sites for hydroxylation is 1. The summed E-state index contributed by atoms with van der Waals surface area (Å²) >= 11 is 0. The van der Waals surface area contributed by atoms with Crippen molar-refractivity contribution in [2.45, 2.75) is 19.9 Å². The smallest absolute Gasteiger partial charge is 0.242 e. The molecule has 0 radical (unpaired) electrons. The van der Waals surface area contributed by atoms with Crippen LogP contribution in [-0.2, 0) is 9.53 Å². The maximum absolute atomic E-state index is 13.2.